The van der Waals surface area contributed by atoms with E-state index in [-0.39, 0.29) is 11.3 Å². The Kier molecular flexibility index (Phi) is 3.05. The number of hydrogen-bond acceptors (Lipinski definition) is 5. The van der Waals surface area contributed by atoms with Crippen molar-refractivity contribution in [1.29, 1.82) is 0 Å². The Morgan fingerprint density at radius 1 is 1.06 bits per heavy atom. The van der Waals surface area contributed by atoms with Gasteiger partial charge in [-0.15, -0.1) is 0 Å². The highest BCUT2D eigenvalue weighted by molar-refractivity contribution is 5.94. The molecule has 0 unspecified atom stereocenters. The van der Waals surface area contributed by atoms with Gasteiger partial charge in [-0.05, 0) is 24.3 Å². The molecule has 0 fully saturated rings. The average Bonchev–Trinajstić information content (AvgIpc) is 2.28. The molecule has 0 heterocycles. The first kappa shape index (κ1) is 11.8. The summed E-state index contributed by atoms with van der Waals surface area (Å²) in [6.45, 7) is 0. The second-order valence-electron chi connectivity index (χ2n) is 3.74. The fourth-order valence-electron chi connectivity index (χ4n) is 1.46. The fourth-order valence-corrected chi connectivity index (χ4v) is 1.46. The van der Waals surface area contributed by atoms with E-state index in [9.17, 15) is 9.90 Å². The summed E-state index contributed by atoms with van der Waals surface area (Å²) in [6, 6.07) is 10.7. The number of carbonyl (C=O) groups is 1. The van der Waals surface area contributed by atoms with Crippen molar-refractivity contribution in [3.63, 3.8) is 0 Å². The zero-order valence-electron chi connectivity index (χ0n) is 9.46. The predicted molar refractivity (Wildman–Crippen MR) is 68.3 cm³/mol. The predicted octanol–water partition coefficient (Wildman–Crippen LogP) is 1.78. The summed E-state index contributed by atoms with van der Waals surface area (Å²) in [7, 11) is 0. The summed E-state index contributed by atoms with van der Waals surface area (Å²) in [5, 5.41) is 9.59. The van der Waals surface area contributed by atoms with Gasteiger partial charge < -0.3 is 21.3 Å². The highest BCUT2D eigenvalue weighted by Gasteiger charge is 2.13. The zero-order chi connectivity index (χ0) is 13.1. The Balaban J connectivity index is 2.22. The van der Waals surface area contributed by atoms with Crippen molar-refractivity contribution in [2.45, 2.75) is 0 Å². The third kappa shape index (κ3) is 2.52. The molecule has 2 aromatic rings. The third-order valence-electron chi connectivity index (χ3n) is 2.31. The number of rotatable bonds is 2. The van der Waals surface area contributed by atoms with Crippen LogP contribution in [-0.4, -0.2) is 11.1 Å². The molecule has 0 aliphatic rings. The minimum absolute atomic E-state index is 0.0478. The summed E-state index contributed by atoms with van der Waals surface area (Å²) in [5.41, 5.74) is 11.9. The first-order valence-electron chi connectivity index (χ1n) is 5.22. The standard InChI is InChI=1S/C13H12N2O3/c14-8-2-1-3-10(6-8)18-13(17)11-5-4-9(15)7-12(11)16/h1-7,16H,14-15H2. The number of esters is 1. The maximum Gasteiger partial charge on any atom is 0.347 e. The van der Waals surface area contributed by atoms with E-state index in [0.29, 0.717) is 17.1 Å². The smallest absolute Gasteiger partial charge is 0.347 e. The highest BCUT2D eigenvalue weighted by Crippen LogP contribution is 2.22. The van der Waals surface area contributed by atoms with Crippen LogP contribution < -0.4 is 16.2 Å². The highest BCUT2D eigenvalue weighted by atomic mass is 16.5. The molecule has 92 valence electrons. The van der Waals surface area contributed by atoms with Crippen molar-refractivity contribution < 1.29 is 14.6 Å². The van der Waals surface area contributed by atoms with E-state index in [4.69, 9.17) is 16.2 Å². The number of nitrogen functional groups attached to an aromatic ring is 2. The number of phenols is 1. The van der Waals surface area contributed by atoms with Crippen LogP contribution in [0.15, 0.2) is 42.5 Å². The van der Waals surface area contributed by atoms with Gasteiger partial charge in [-0.2, -0.15) is 0 Å². The van der Waals surface area contributed by atoms with Crippen LogP contribution in [0.1, 0.15) is 10.4 Å². The molecule has 0 aliphatic carbocycles. The first-order chi connectivity index (χ1) is 8.56. The van der Waals surface area contributed by atoms with Crippen molar-refractivity contribution in [3.05, 3.63) is 48.0 Å². The molecule has 0 spiro atoms. The molecule has 0 radical (unpaired) electrons. The molecule has 2 rings (SSSR count). The Bertz CT molecular complexity index is 597. The summed E-state index contributed by atoms with van der Waals surface area (Å²) in [5.74, 6) is -0.571. The number of phenolic OH excluding ortho intramolecular Hbond substituents is 1. The molecular weight excluding hydrogens is 232 g/mol. The van der Waals surface area contributed by atoms with Gasteiger partial charge in [0.25, 0.3) is 0 Å². The van der Waals surface area contributed by atoms with Gasteiger partial charge in [0.1, 0.15) is 17.1 Å². The quantitative estimate of drug-likeness (QED) is 0.425. The molecule has 0 atom stereocenters. The van der Waals surface area contributed by atoms with Crippen LogP contribution in [-0.2, 0) is 0 Å². The van der Waals surface area contributed by atoms with Crippen LogP contribution in [0.3, 0.4) is 0 Å². The van der Waals surface area contributed by atoms with Gasteiger partial charge in [0.05, 0.1) is 0 Å². The minimum atomic E-state index is -0.668. The third-order valence-corrected chi connectivity index (χ3v) is 2.31. The fraction of sp³-hybridized carbons (Fsp3) is 0. The van der Waals surface area contributed by atoms with Gasteiger partial charge in [-0.3, -0.25) is 0 Å². The monoisotopic (exact) mass is 244 g/mol. The van der Waals surface area contributed by atoms with Crippen molar-refractivity contribution in [2.75, 3.05) is 11.5 Å². The van der Waals surface area contributed by atoms with Gasteiger partial charge in [0.2, 0.25) is 0 Å². The van der Waals surface area contributed by atoms with E-state index in [2.05, 4.69) is 0 Å². The molecular formula is C13H12N2O3. The Hall–Kier alpha value is -2.69. The summed E-state index contributed by atoms with van der Waals surface area (Å²) >= 11 is 0. The number of aromatic hydroxyl groups is 1. The van der Waals surface area contributed by atoms with Crippen molar-refractivity contribution >= 4 is 17.3 Å². The van der Waals surface area contributed by atoms with Gasteiger partial charge in [0, 0.05) is 23.5 Å². The first-order valence-corrected chi connectivity index (χ1v) is 5.22. The van der Waals surface area contributed by atoms with Gasteiger partial charge in [-0.1, -0.05) is 6.07 Å². The number of nitrogens with two attached hydrogens (primary N) is 2. The molecule has 0 saturated heterocycles. The van der Waals surface area contributed by atoms with E-state index in [1.165, 1.54) is 24.3 Å². The van der Waals surface area contributed by atoms with E-state index in [1.807, 2.05) is 0 Å². The molecule has 5 nitrogen and oxygen atoms in total. The minimum Gasteiger partial charge on any atom is -0.507 e. The van der Waals surface area contributed by atoms with E-state index in [0.717, 1.165) is 0 Å². The Morgan fingerprint density at radius 2 is 1.78 bits per heavy atom. The lowest BCUT2D eigenvalue weighted by Crippen LogP contribution is -2.09. The van der Waals surface area contributed by atoms with Crippen LogP contribution in [0.25, 0.3) is 0 Å². The van der Waals surface area contributed by atoms with Crippen LogP contribution in [0.5, 0.6) is 11.5 Å². The van der Waals surface area contributed by atoms with Gasteiger partial charge in [0.15, 0.2) is 0 Å². The molecule has 0 amide bonds. The molecule has 0 aliphatic heterocycles. The Morgan fingerprint density at radius 3 is 2.44 bits per heavy atom. The SMILES string of the molecule is Nc1cccc(OC(=O)c2ccc(N)cc2O)c1. The van der Waals surface area contributed by atoms with Crippen LogP contribution >= 0.6 is 0 Å². The summed E-state index contributed by atoms with van der Waals surface area (Å²) in [4.78, 5) is 11.8. The van der Waals surface area contributed by atoms with E-state index in [1.54, 1.807) is 18.2 Å². The number of hydrogen-bond donors (Lipinski definition) is 3. The van der Waals surface area contributed by atoms with Crippen LogP contribution in [0.4, 0.5) is 11.4 Å². The normalized spacial score (nSPS) is 10.0. The van der Waals surface area contributed by atoms with Gasteiger partial charge in [-0.25, -0.2) is 4.79 Å². The summed E-state index contributed by atoms with van der Waals surface area (Å²) < 4.78 is 5.08. The van der Waals surface area contributed by atoms with Crippen molar-refractivity contribution in [1.82, 2.24) is 0 Å². The second-order valence-corrected chi connectivity index (χ2v) is 3.74. The lowest BCUT2D eigenvalue weighted by Gasteiger charge is -2.06. The van der Waals surface area contributed by atoms with Crippen LogP contribution in [0.2, 0.25) is 0 Å². The molecule has 18 heavy (non-hydrogen) atoms. The van der Waals surface area contributed by atoms with Gasteiger partial charge >= 0.3 is 5.97 Å². The van der Waals surface area contributed by atoms with E-state index < -0.39 is 5.97 Å². The molecule has 5 heteroatoms. The number of ether oxygens (including phenoxy) is 1. The molecule has 0 saturated carbocycles. The topological polar surface area (TPSA) is 98.6 Å². The van der Waals surface area contributed by atoms with Crippen molar-refractivity contribution in [3.8, 4) is 11.5 Å². The number of benzene rings is 2. The van der Waals surface area contributed by atoms with Crippen molar-refractivity contribution in [2.24, 2.45) is 0 Å². The maximum atomic E-state index is 11.8. The lowest BCUT2D eigenvalue weighted by molar-refractivity contribution is 0.0732. The molecule has 0 bridgehead atoms. The number of anilines is 2. The lowest BCUT2D eigenvalue weighted by atomic mass is 10.2. The Labute approximate surface area is 104 Å². The maximum absolute atomic E-state index is 11.8. The number of carbonyl (C=O) groups excluding carboxylic acids is 1. The molecule has 5 N–H and O–H groups in total. The zero-order valence-corrected chi connectivity index (χ0v) is 9.46. The second kappa shape index (κ2) is 4.67. The molecule has 2 aromatic carbocycles. The largest absolute Gasteiger partial charge is 0.507 e. The van der Waals surface area contributed by atoms with E-state index >= 15 is 0 Å². The molecule has 0 aromatic heterocycles. The summed E-state index contributed by atoms with van der Waals surface area (Å²) in [6.07, 6.45) is 0. The average molecular weight is 244 g/mol. The van der Waals surface area contributed by atoms with Crippen LogP contribution in [0, 0.1) is 0 Å².